The van der Waals surface area contributed by atoms with E-state index in [0.717, 1.165) is 71.5 Å². The predicted octanol–water partition coefficient (Wildman–Crippen LogP) is 1.78. The summed E-state index contributed by atoms with van der Waals surface area (Å²) in [6.07, 6.45) is 4.08. The first kappa shape index (κ1) is 19.3. The van der Waals surface area contributed by atoms with Gasteiger partial charge in [-0.3, -0.25) is 9.69 Å². The molecule has 2 unspecified atom stereocenters. The highest BCUT2D eigenvalue weighted by atomic mass is 16.2. The van der Waals surface area contributed by atoms with Crippen LogP contribution in [0.1, 0.15) is 31.2 Å². The lowest BCUT2D eigenvalue weighted by Gasteiger charge is -2.38. The SMILES string of the molecule is CN(CCN1CCN(C(=O)C2CCCC(N)C2)CC1)Cc1ccccc1. The van der Waals surface area contributed by atoms with Gasteiger partial charge in [0.25, 0.3) is 0 Å². The first-order valence-corrected chi connectivity index (χ1v) is 10.1. The number of nitrogens with two attached hydrogens (primary N) is 1. The smallest absolute Gasteiger partial charge is 0.225 e. The Hall–Kier alpha value is -1.43. The number of nitrogens with zero attached hydrogens (tertiary/aromatic N) is 3. The Kier molecular flexibility index (Phi) is 7.06. The number of benzene rings is 1. The van der Waals surface area contributed by atoms with Crippen LogP contribution in [0.4, 0.5) is 0 Å². The van der Waals surface area contributed by atoms with Crippen LogP contribution in [0.5, 0.6) is 0 Å². The summed E-state index contributed by atoms with van der Waals surface area (Å²) >= 11 is 0. The first-order chi connectivity index (χ1) is 12.6. The van der Waals surface area contributed by atoms with Crippen molar-refractivity contribution in [1.82, 2.24) is 14.7 Å². The summed E-state index contributed by atoms with van der Waals surface area (Å²) in [4.78, 5) is 19.6. The van der Waals surface area contributed by atoms with Crippen LogP contribution in [0.15, 0.2) is 30.3 Å². The third-order valence-electron chi connectivity index (χ3n) is 5.84. The van der Waals surface area contributed by atoms with Gasteiger partial charge < -0.3 is 15.5 Å². The molecule has 0 bridgehead atoms. The summed E-state index contributed by atoms with van der Waals surface area (Å²) < 4.78 is 0. The van der Waals surface area contributed by atoms with Crippen molar-refractivity contribution in [3.05, 3.63) is 35.9 Å². The fourth-order valence-corrected chi connectivity index (χ4v) is 4.19. The number of amides is 1. The molecule has 0 aromatic heterocycles. The normalized spacial score (nSPS) is 24.8. The Balaban J connectivity index is 1.36. The maximum absolute atomic E-state index is 12.7. The van der Waals surface area contributed by atoms with Crippen LogP contribution in [-0.4, -0.2) is 73.0 Å². The number of piperazine rings is 1. The van der Waals surface area contributed by atoms with Crippen molar-refractivity contribution in [2.75, 3.05) is 46.3 Å². The molecule has 1 aliphatic heterocycles. The summed E-state index contributed by atoms with van der Waals surface area (Å²) in [5, 5.41) is 0. The average molecular weight is 359 g/mol. The second-order valence-corrected chi connectivity index (χ2v) is 8.01. The monoisotopic (exact) mass is 358 g/mol. The van der Waals surface area contributed by atoms with E-state index >= 15 is 0 Å². The third kappa shape index (κ3) is 5.53. The molecule has 1 aromatic carbocycles. The summed E-state index contributed by atoms with van der Waals surface area (Å²) in [6.45, 7) is 6.83. The second kappa shape index (κ2) is 9.49. The molecule has 26 heavy (non-hydrogen) atoms. The van der Waals surface area contributed by atoms with Crippen molar-refractivity contribution in [2.24, 2.45) is 11.7 Å². The van der Waals surface area contributed by atoms with Gasteiger partial charge in [0.15, 0.2) is 0 Å². The molecule has 2 N–H and O–H groups in total. The molecule has 1 heterocycles. The molecule has 2 atom stereocenters. The quantitative estimate of drug-likeness (QED) is 0.842. The molecule has 2 fully saturated rings. The highest BCUT2D eigenvalue weighted by Gasteiger charge is 2.30. The van der Waals surface area contributed by atoms with Crippen LogP contribution in [0.25, 0.3) is 0 Å². The van der Waals surface area contributed by atoms with Gasteiger partial charge in [-0.05, 0) is 31.9 Å². The van der Waals surface area contributed by atoms with Crippen LogP contribution >= 0.6 is 0 Å². The molecule has 144 valence electrons. The van der Waals surface area contributed by atoms with Crippen LogP contribution < -0.4 is 5.73 Å². The van der Waals surface area contributed by atoms with E-state index in [1.54, 1.807) is 0 Å². The number of hydrogen-bond acceptors (Lipinski definition) is 4. The lowest BCUT2D eigenvalue weighted by atomic mass is 9.85. The van der Waals surface area contributed by atoms with Gasteiger partial charge in [-0.2, -0.15) is 0 Å². The first-order valence-electron chi connectivity index (χ1n) is 10.1. The van der Waals surface area contributed by atoms with Crippen LogP contribution in [-0.2, 0) is 11.3 Å². The molecule has 1 saturated heterocycles. The minimum atomic E-state index is 0.169. The van der Waals surface area contributed by atoms with E-state index in [-0.39, 0.29) is 12.0 Å². The fourth-order valence-electron chi connectivity index (χ4n) is 4.19. The van der Waals surface area contributed by atoms with Gasteiger partial charge in [0.05, 0.1) is 0 Å². The Morgan fingerprint density at radius 2 is 1.88 bits per heavy atom. The summed E-state index contributed by atoms with van der Waals surface area (Å²) in [6, 6.07) is 10.8. The minimum Gasteiger partial charge on any atom is -0.340 e. The number of hydrogen-bond donors (Lipinski definition) is 1. The van der Waals surface area contributed by atoms with Crippen molar-refractivity contribution in [3.63, 3.8) is 0 Å². The van der Waals surface area contributed by atoms with E-state index < -0.39 is 0 Å². The Labute approximate surface area is 158 Å². The number of carbonyl (C=O) groups is 1. The zero-order chi connectivity index (χ0) is 18.4. The lowest BCUT2D eigenvalue weighted by molar-refractivity contribution is -0.138. The predicted molar refractivity (Wildman–Crippen MR) is 106 cm³/mol. The van der Waals surface area contributed by atoms with Crippen molar-refractivity contribution < 1.29 is 4.79 Å². The van der Waals surface area contributed by atoms with Crippen molar-refractivity contribution in [3.8, 4) is 0 Å². The van der Waals surface area contributed by atoms with Crippen molar-refractivity contribution in [1.29, 1.82) is 0 Å². The molecule has 5 heteroatoms. The third-order valence-corrected chi connectivity index (χ3v) is 5.84. The Morgan fingerprint density at radius 1 is 1.15 bits per heavy atom. The minimum absolute atomic E-state index is 0.169. The van der Waals surface area contributed by atoms with Gasteiger partial charge in [0, 0.05) is 57.8 Å². The summed E-state index contributed by atoms with van der Waals surface area (Å²) in [5.41, 5.74) is 7.41. The van der Waals surface area contributed by atoms with E-state index in [2.05, 4.69) is 52.1 Å². The molecule has 1 aromatic rings. The number of rotatable bonds is 6. The molecule has 1 amide bonds. The second-order valence-electron chi connectivity index (χ2n) is 8.01. The molecular formula is C21H34N4O. The summed E-state index contributed by atoms with van der Waals surface area (Å²) in [5.74, 6) is 0.517. The highest BCUT2D eigenvalue weighted by molar-refractivity contribution is 5.79. The molecule has 5 nitrogen and oxygen atoms in total. The molecule has 3 rings (SSSR count). The van der Waals surface area contributed by atoms with Gasteiger partial charge in [0.1, 0.15) is 0 Å². The summed E-state index contributed by atoms with van der Waals surface area (Å²) in [7, 11) is 2.18. The highest BCUT2D eigenvalue weighted by Crippen LogP contribution is 2.25. The van der Waals surface area contributed by atoms with Crippen molar-refractivity contribution in [2.45, 2.75) is 38.3 Å². The molecule has 0 radical (unpaired) electrons. The van der Waals surface area contributed by atoms with Gasteiger partial charge >= 0.3 is 0 Å². The largest absolute Gasteiger partial charge is 0.340 e. The zero-order valence-corrected chi connectivity index (χ0v) is 16.1. The van der Waals surface area contributed by atoms with Gasteiger partial charge in [-0.15, -0.1) is 0 Å². The van der Waals surface area contributed by atoms with Crippen molar-refractivity contribution >= 4 is 5.91 Å². The maximum Gasteiger partial charge on any atom is 0.225 e. The topological polar surface area (TPSA) is 52.8 Å². The van der Waals surface area contributed by atoms with Gasteiger partial charge in [0.2, 0.25) is 5.91 Å². The molecule has 2 aliphatic rings. The molecule has 0 spiro atoms. The van der Waals surface area contributed by atoms with Crippen LogP contribution in [0.2, 0.25) is 0 Å². The van der Waals surface area contributed by atoms with Crippen LogP contribution in [0.3, 0.4) is 0 Å². The maximum atomic E-state index is 12.7. The van der Waals surface area contributed by atoms with Gasteiger partial charge in [-0.25, -0.2) is 0 Å². The van der Waals surface area contributed by atoms with E-state index in [1.165, 1.54) is 5.56 Å². The lowest BCUT2D eigenvalue weighted by Crippen LogP contribution is -2.52. The number of carbonyl (C=O) groups excluding carboxylic acids is 1. The Morgan fingerprint density at radius 3 is 2.58 bits per heavy atom. The number of likely N-dealkylation sites (N-methyl/N-ethyl adjacent to an activating group) is 1. The van der Waals surface area contributed by atoms with E-state index in [0.29, 0.717) is 5.91 Å². The molecular weight excluding hydrogens is 324 g/mol. The standard InChI is InChI=1S/C21H34N4O/c1-23(17-18-6-3-2-4-7-18)10-11-24-12-14-25(15-13-24)21(26)19-8-5-9-20(22)16-19/h2-4,6-7,19-20H,5,8-17,22H2,1H3. The molecule has 1 aliphatic carbocycles. The molecule has 1 saturated carbocycles. The van der Waals surface area contributed by atoms with E-state index in [4.69, 9.17) is 5.73 Å². The Bertz CT molecular complexity index is 556. The zero-order valence-electron chi connectivity index (χ0n) is 16.1. The van der Waals surface area contributed by atoms with E-state index in [1.807, 2.05) is 0 Å². The average Bonchev–Trinajstić information content (AvgIpc) is 2.67. The van der Waals surface area contributed by atoms with E-state index in [9.17, 15) is 4.79 Å². The van der Waals surface area contributed by atoms with Gasteiger partial charge in [-0.1, -0.05) is 36.8 Å². The fraction of sp³-hybridized carbons (Fsp3) is 0.667. The van der Waals surface area contributed by atoms with Crippen LogP contribution in [0, 0.1) is 5.92 Å².